The van der Waals surface area contributed by atoms with Crippen LogP contribution in [0, 0.1) is 5.92 Å². The van der Waals surface area contributed by atoms with Crippen molar-refractivity contribution in [1.29, 1.82) is 0 Å². The van der Waals surface area contributed by atoms with Crippen molar-refractivity contribution in [1.82, 2.24) is 4.90 Å². The number of hydrogen-bond donors (Lipinski definition) is 2. The smallest absolute Gasteiger partial charge is 0.253 e. The lowest BCUT2D eigenvalue weighted by molar-refractivity contribution is 0.0827. The summed E-state index contributed by atoms with van der Waals surface area (Å²) in [6.07, 6.45) is 0.921. The van der Waals surface area contributed by atoms with Gasteiger partial charge in [-0.1, -0.05) is 13.8 Å². The van der Waals surface area contributed by atoms with Gasteiger partial charge < -0.3 is 20.7 Å². The topological polar surface area (TPSA) is 67.6 Å². The second kappa shape index (κ2) is 8.52. The first-order chi connectivity index (χ1) is 9.91. The van der Waals surface area contributed by atoms with Crippen molar-refractivity contribution in [3.05, 3.63) is 23.8 Å². The molecule has 3 N–H and O–H groups in total. The molecule has 1 aromatic rings. The summed E-state index contributed by atoms with van der Waals surface area (Å²) in [5, 5.41) is 3.27. The predicted octanol–water partition coefficient (Wildman–Crippen LogP) is 2.45. The van der Waals surface area contributed by atoms with Gasteiger partial charge in [0, 0.05) is 39.4 Å². The number of nitrogens with two attached hydrogens (primary N) is 1. The van der Waals surface area contributed by atoms with Crippen LogP contribution in [0.25, 0.3) is 0 Å². The number of ether oxygens (including phenoxy) is 1. The summed E-state index contributed by atoms with van der Waals surface area (Å²) in [6, 6.07) is 5.34. The van der Waals surface area contributed by atoms with Crippen LogP contribution in [-0.2, 0) is 4.74 Å². The van der Waals surface area contributed by atoms with Gasteiger partial charge in [0.2, 0.25) is 0 Å². The number of rotatable bonds is 8. The van der Waals surface area contributed by atoms with E-state index in [0.29, 0.717) is 17.2 Å². The first-order valence-corrected chi connectivity index (χ1v) is 7.34. The predicted molar refractivity (Wildman–Crippen MR) is 87.6 cm³/mol. The third kappa shape index (κ3) is 6.04. The third-order valence-electron chi connectivity index (χ3n) is 2.94. The summed E-state index contributed by atoms with van der Waals surface area (Å²) in [4.78, 5) is 13.4. The molecule has 5 heteroatoms. The highest BCUT2D eigenvalue weighted by atomic mass is 16.5. The summed E-state index contributed by atoms with van der Waals surface area (Å²) in [5.41, 5.74) is 8.02. The molecule has 0 bridgehead atoms. The Labute approximate surface area is 127 Å². The van der Waals surface area contributed by atoms with Gasteiger partial charge in [0.05, 0.1) is 11.4 Å². The van der Waals surface area contributed by atoms with Crippen LogP contribution < -0.4 is 11.1 Å². The molecule has 0 aliphatic carbocycles. The number of nitrogen functional groups attached to an aromatic ring is 1. The van der Waals surface area contributed by atoms with Crippen molar-refractivity contribution >= 4 is 17.3 Å². The molecule has 0 saturated carbocycles. The number of benzene rings is 1. The monoisotopic (exact) mass is 293 g/mol. The van der Waals surface area contributed by atoms with Gasteiger partial charge in [-0.05, 0) is 30.5 Å². The van der Waals surface area contributed by atoms with E-state index in [1.807, 2.05) is 6.07 Å². The fourth-order valence-electron chi connectivity index (χ4n) is 1.83. The number of nitrogens with zero attached hydrogens (tertiary/aromatic N) is 1. The number of hydrogen-bond acceptors (Lipinski definition) is 4. The number of amides is 1. The van der Waals surface area contributed by atoms with Crippen LogP contribution in [0.15, 0.2) is 18.2 Å². The average molecular weight is 293 g/mol. The summed E-state index contributed by atoms with van der Waals surface area (Å²) >= 11 is 0. The molecule has 118 valence electrons. The number of anilines is 2. The quantitative estimate of drug-likeness (QED) is 0.570. The molecule has 1 aromatic carbocycles. The zero-order valence-electron chi connectivity index (χ0n) is 13.5. The fraction of sp³-hybridized carbons (Fsp3) is 0.562. The summed E-state index contributed by atoms with van der Waals surface area (Å²) in [7, 11) is 3.45. The van der Waals surface area contributed by atoms with Crippen LogP contribution in [0.3, 0.4) is 0 Å². The lowest BCUT2D eigenvalue weighted by Gasteiger charge is -2.13. The van der Waals surface area contributed by atoms with Crippen molar-refractivity contribution in [3.8, 4) is 0 Å². The molecule has 21 heavy (non-hydrogen) atoms. The molecule has 0 fully saturated rings. The normalized spacial score (nSPS) is 10.7. The van der Waals surface area contributed by atoms with E-state index in [0.717, 1.165) is 31.9 Å². The van der Waals surface area contributed by atoms with Gasteiger partial charge in [-0.3, -0.25) is 4.79 Å². The molecule has 0 heterocycles. The second-order valence-corrected chi connectivity index (χ2v) is 5.75. The van der Waals surface area contributed by atoms with Gasteiger partial charge in [0.25, 0.3) is 5.91 Å². The van der Waals surface area contributed by atoms with Gasteiger partial charge in [-0.25, -0.2) is 0 Å². The molecular formula is C16H27N3O2. The van der Waals surface area contributed by atoms with Crippen LogP contribution in [0.2, 0.25) is 0 Å². The lowest BCUT2D eigenvalue weighted by Crippen LogP contribution is -2.21. The van der Waals surface area contributed by atoms with Crippen molar-refractivity contribution in [2.75, 3.05) is 44.9 Å². The fourth-order valence-corrected chi connectivity index (χ4v) is 1.83. The maximum atomic E-state index is 11.8. The highest BCUT2D eigenvalue weighted by molar-refractivity contribution is 5.95. The standard InChI is InChI=1S/C16H27N3O2/c1-12(2)11-21-9-5-8-18-15-7-6-13(10-14(15)17)16(20)19(3)4/h6-7,10,12,18H,5,8-9,11,17H2,1-4H3. The van der Waals surface area contributed by atoms with E-state index < -0.39 is 0 Å². The van der Waals surface area contributed by atoms with Crippen LogP contribution >= 0.6 is 0 Å². The van der Waals surface area contributed by atoms with E-state index in [-0.39, 0.29) is 5.91 Å². The largest absolute Gasteiger partial charge is 0.397 e. The maximum absolute atomic E-state index is 11.8. The average Bonchev–Trinajstić information content (AvgIpc) is 2.42. The van der Waals surface area contributed by atoms with Crippen molar-refractivity contribution in [3.63, 3.8) is 0 Å². The Kier molecular flexibility index (Phi) is 7.02. The summed E-state index contributed by atoms with van der Waals surface area (Å²) < 4.78 is 5.52. The molecule has 0 saturated heterocycles. The molecule has 5 nitrogen and oxygen atoms in total. The molecule has 0 spiro atoms. The zero-order chi connectivity index (χ0) is 15.8. The van der Waals surface area contributed by atoms with E-state index in [2.05, 4.69) is 19.2 Å². The van der Waals surface area contributed by atoms with Crippen LogP contribution in [-0.4, -0.2) is 44.7 Å². The summed E-state index contributed by atoms with van der Waals surface area (Å²) in [5.74, 6) is 0.519. The Bertz CT molecular complexity index is 459. The van der Waals surface area contributed by atoms with Gasteiger partial charge >= 0.3 is 0 Å². The van der Waals surface area contributed by atoms with E-state index in [4.69, 9.17) is 10.5 Å². The first-order valence-electron chi connectivity index (χ1n) is 7.34. The van der Waals surface area contributed by atoms with Crippen LogP contribution in [0.4, 0.5) is 11.4 Å². The Morgan fingerprint density at radius 2 is 2.10 bits per heavy atom. The molecule has 0 atom stereocenters. The maximum Gasteiger partial charge on any atom is 0.253 e. The highest BCUT2D eigenvalue weighted by Gasteiger charge is 2.09. The first kappa shape index (κ1) is 17.3. The van der Waals surface area contributed by atoms with Gasteiger partial charge in [-0.15, -0.1) is 0 Å². The lowest BCUT2D eigenvalue weighted by atomic mass is 10.1. The zero-order valence-corrected chi connectivity index (χ0v) is 13.5. The minimum Gasteiger partial charge on any atom is -0.397 e. The van der Waals surface area contributed by atoms with Gasteiger partial charge in [-0.2, -0.15) is 0 Å². The third-order valence-corrected chi connectivity index (χ3v) is 2.94. The molecule has 0 aliphatic rings. The Hall–Kier alpha value is -1.75. The molecular weight excluding hydrogens is 266 g/mol. The number of nitrogens with one attached hydrogen (secondary N) is 1. The van der Waals surface area contributed by atoms with E-state index in [9.17, 15) is 4.79 Å². The summed E-state index contributed by atoms with van der Waals surface area (Å²) in [6.45, 7) is 6.60. The van der Waals surface area contributed by atoms with Crippen LogP contribution in [0.1, 0.15) is 30.6 Å². The highest BCUT2D eigenvalue weighted by Crippen LogP contribution is 2.20. The van der Waals surface area contributed by atoms with E-state index >= 15 is 0 Å². The van der Waals surface area contributed by atoms with Crippen molar-refractivity contribution in [2.45, 2.75) is 20.3 Å². The molecule has 1 rings (SSSR count). The molecule has 0 aromatic heterocycles. The second-order valence-electron chi connectivity index (χ2n) is 5.75. The van der Waals surface area contributed by atoms with Gasteiger partial charge in [0.1, 0.15) is 0 Å². The Morgan fingerprint density at radius 1 is 1.38 bits per heavy atom. The van der Waals surface area contributed by atoms with E-state index in [1.165, 1.54) is 4.90 Å². The minimum atomic E-state index is -0.0460. The van der Waals surface area contributed by atoms with Crippen LogP contribution in [0.5, 0.6) is 0 Å². The Balaban J connectivity index is 2.41. The minimum absolute atomic E-state index is 0.0460. The number of carbonyl (C=O) groups excluding carboxylic acids is 1. The van der Waals surface area contributed by atoms with Crippen molar-refractivity contribution in [2.24, 2.45) is 5.92 Å². The number of carbonyl (C=O) groups is 1. The molecule has 0 radical (unpaired) electrons. The molecule has 0 aliphatic heterocycles. The van der Waals surface area contributed by atoms with Gasteiger partial charge in [0.15, 0.2) is 0 Å². The molecule has 1 amide bonds. The Morgan fingerprint density at radius 3 is 2.67 bits per heavy atom. The van der Waals surface area contributed by atoms with E-state index in [1.54, 1.807) is 26.2 Å². The SMILES string of the molecule is CC(C)COCCCNc1ccc(C(=O)N(C)C)cc1N. The van der Waals surface area contributed by atoms with Crippen molar-refractivity contribution < 1.29 is 9.53 Å². The molecule has 0 unspecified atom stereocenters.